The van der Waals surface area contributed by atoms with E-state index in [1.165, 1.54) is 11.8 Å². The second-order valence-corrected chi connectivity index (χ2v) is 9.16. The van der Waals surface area contributed by atoms with Gasteiger partial charge in [-0.1, -0.05) is 41.6 Å². The van der Waals surface area contributed by atoms with Crippen molar-refractivity contribution in [3.8, 4) is 22.8 Å². The molecule has 2 aromatic carbocycles. The largest absolute Gasteiger partial charge is 0.492 e. The highest BCUT2D eigenvalue weighted by Crippen LogP contribution is 2.33. The van der Waals surface area contributed by atoms with Gasteiger partial charge in [0.15, 0.2) is 11.0 Å². The van der Waals surface area contributed by atoms with E-state index in [1.54, 1.807) is 12.4 Å². The van der Waals surface area contributed by atoms with E-state index in [-0.39, 0.29) is 5.91 Å². The van der Waals surface area contributed by atoms with Gasteiger partial charge in [-0.25, -0.2) is 0 Å². The van der Waals surface area contributed by atoms with Gasteiger partial charge in [0.2, 0.25) is 5.91 Å². The van der Waals surface area contributed by atoms with Crippen LogP contribution in [0.25, 0.3) is 17.1 Å². The minimum absolute atomic E-state index is 0.167. The molecule has 2 aromatic heterocycles. The van der Waals surface area contributed by atoms with Crippen molar-refractivity contribution in [3.05, 3.63) is 77.6 Å². The summed E-state index contributed by atoms with van der Waals surface area (Å²) in [6.45, 7) is 6.20. The van der Waals surface area contributed by atoms with Gasteiger partial charge in [0.1, 0.15) is 5.75 Å². The molecule has 174 valence electrons. The molecule has 0 spiro atoms. The Balaban J connectivity index is 1.66. The third kappa shape index (κ3) is 5.08. The van der Waals surface area contributed by atoms with Crippen LogP contribution >= 0.6 is 23.4 Å². The number of hydrogen-bond donors (Lipinski definition) is 1. The molecular formula is C25H24ClN5O2S. The van der Waals surface area contributed by atoms with Crippen LogP contribution in [0.2, 0.25) is 5.02 Å². The van der Waals surface area contributed by atoms with Gasteiger partial charge in [-0.3, -0.25) is 14.3 Å². The van der Waals surface area contributed by atoms with E-state index in [0.717, 1.165) is 16.8 Å². The van der Waals surface area contributed by atoms with Crippen molar-refractivity contribution in [3.63, 3.8) is 0 Å². The van der Waals surface area contributed by atoms with Crippen molar-refractivity contribution in [2.75, 3.05) is 11.9 Å². The number of benzene rings is 2. The normalized spacial score (nSPS) is 11.8. The van der Waals surface area contributed by atoms with Crippen LogP contribution in [-0.4, -0.2) is 37.5 Å². The van der Waals surface area contributed by atoms with Crippen molar-refractivity contribution < 1.29 is 9.53 Å². The summed E-state index contributed by atoms with van der Waals surface area (Å²) in [6.07, 6.45) is 3.41. The number of para-hydroxylation sites is 2. The van der Waals surface area contributed by atoms with Gasteiger partial charge in [-0.2, -0.15) is 0 Å². The molecule has 0 saturated heterocycles. The zero-order valence-corrected chi connectivity index (χ0v) is 20.6. The zero-order valence-electron chi connectivity index (χ0n) is 19.0. The zero-order chi connectivity index (χ0) is 24.1. The van der Waals surface area contributed by atoms with Gasteiger partial charge >= 0.3 is 0 Å². The van der Waals surface area contributed by atoms with Gasteiger partial charge in [0, 0.05) is 23.0 Å². The Morgan fingerprint density at radius 3 is 2.65 bits per heavy atom. The first-order valence-electron chi connectivity index (χ1n) is 10.8. The quantitative estimate of drug-likeness (QED) is 0.312. The molecule has 1 unspecified atom stereocenters. The number of thioether (sulfide) groups is 1. The summed E-state index contributed by atoms with van der Waals surface area (Å²) in [4.78, 5) is 17.1. The molecule has 1 amide bonds. The molecule has 0 aliphatic rings. The maximum atomic E-state index is 13.0. The fourth-order valence-corrected chi connectivity index (χ4v) is 4.42. The summed E-state index contributed by atoms with van der Waals surface area (Å²) < 4.78 is 7.55. The van der Waals surface area contributed by atoms with Crippen LogP contribution in [0.15, 0.2) is 72.1 Å². The van der Waals surface area contributed by atoms with Crippen LogP contribution in [0.1, 0.15) is 19.4 Å². The second kappa shape index (κ2) is 10.7. The summed E-state index contributed by atoms with van der Waals surface area (Å²) in [6, 6.07) is 16.8. The number of anilines is 1. The molecule has 1 atom stereocenters. The average Bonchev–Trinajstić information content (AvgIpc) is 3.26. The Morgan fingerprint density at radius 2 is 1.88 bits per heavy atom. The van der Waals surface area contributed by atoms with E-state index in [4.69, 9.17) is 16.3 Å². The highest BCUT2D eigenvalue weighted by atomic mass is 35.5. The van der Waals surface area contributed by atoms with E-state index >= 15 is 0 Å². The highest BCUT2D eigenvalue weighted by Gasteiger charge is 2.23. The average molecular weight is 494 g/mol. The van der Waals surface area contributed by atoms with Crippen molar-refractivity contribution in [2.24, 2.45) is 0 Å². The Hall–Kier alpha value is -3.36. The monoisotopic (exact) mass is 493 g/mol. The fraction of sp³-hybridized carbons (Fsp3) is 0.200. The van der Waals surface area contributed by atoms with Crippen molar-refractivity contribution in [2.45, 2.75) is 31.2 Å². The minimum Gasteiger partial charge on any atom is -0.492 e. The molecule has 0 fully saturated rings. The van der Waals surface area contributed by atoms with Crippen LogP contribution in [0, 0.1) is 6.92 Å². The van der Waals surface area contributed by atoms with Crippen LogP contribution in [0.3, 0.4) is 0 Å². The van der Waals surface area contributed by atoms with Crippen molar-refractivity contribution in [1.82, 2.24) is 19.7 Å². The number of halogens is 1. The Bertz CT molecular complexity index is 1300. The predicted molar refractivity (Wildman–Crippen MR) is 136 cm³/mol. The topological polar surface area (TPSA) is 81.9 Å². The molecule has 1 N–H and O–H groups in total. The standard InChI is InChI=1S/C25H24ClN5O2S/c1-4-33-22-11-6-5-9-20(22)28-24(32)17(3)34-25-30-29-23(18-12-14-27-15-13-18)31(25)21-10-7-8-19(26)16(21)2/h5-15,17H,4H2,1-3H3,(H,28,32). The number of pyridine rings is 1. The van der Waals surface area contributed by atoms with Crippen LogP contribution in [-0.2, 0) is 4.79 Å². The minimum atomic E-state index is -0.456. The summed E-state index contributed by atoms with van der Waals surface area (Å²) in [5.41, 5.74) is 3.23. The summed E-state index contributed by atoms with van der Waals surface area (Å²) in [7, 11) is 0. The molecule has 0 saturated carbocycles. The number of hydrogen-bond acceptors (Lipinski definition) is 6. The lowest BCUT2D eigenvalue weighted by atomic mass is 10.2. The summed E-state index contributed by atoms with van der Waals surface area (Å²) in [5, 5.41) is 12.6. The van der Waals surface area contributed by atoms with Crippen LogP contribution in [0.4, 0.5) is 5.69 Å². The third-order valence-electron chi connectivity index (χ3n) is 5.15. The van der Waals surface area contributed by atoms with Gasteiger partial charge in [-0.05, 0) is 62.7 Å². The number of aromatic nitrogens is 4. The molecule has 4 rings (SSSR count). The lowest BCUT2D eigenvalue weighted by molar-refractivity contribution is -0.115. The van der Waals surface area contributed by atoms with Crippen LogP contribution in [0.5, 0.6) is 5.75 Å². The second-order valence-electron chi connectivity index (χ2n) is 7.44. The maximum Gasteiger partial charge on any atom is 0.237 e. The molecule has 7 nitrogen and oxygen atoms in total. The first kappa shape index (κ1) is 23.8. The molecule has 0 aliphatic carbocycles. The number of nitrogens with zero attached hydrogens (tertiary/aromatic N) is 4. The SMILES string of the molecule is CCOc1ccccc1NC(=O)C(C)Sc1nnc(-c2ccncc2)n1-c1cccc(Cl)c1C. The van der Waals surface area contributed by atoms with Gasteiger partial charge in [-0.15, -0.1) is 10.2 Å². The number of rotatable bonds is 8. The van der Waals surface area contributed by atoms with E-state index < -0.39 is 5.25 Å². The van der Waals surface area contributed by atoms with E-state index in [0.29, 0.717) is 34.0 Å². The lowest BCUT2D eigenvalue weighted by Gasteiger charge is -2.17. The predicted octanol–water partition coefficient (Wildman–Crippen LogP) is 5.81. The molecule has 2 heterocycles. The number of carbonyl (C=O) groups is 1. The number of ether oxygens (including phenoxy) is 1. The van der Waals surface area contributed by atoms with Crippen molar-refractivity contribution in [1.29, 1.82) is 0 Å². The first-order valence-corrected chi connectivity index (χ1v) is 12.1. The molecule has 0 radical (unpaired) electrons. The smallest absolute Gasteiger partial charge is 0.237 e. The fourth-order valence-electron chi connectivity index (χ4n) is 3.39. The molecule has 4 aromatic rings. The van der Waals surface area contributed by atoms with E-state index in [1.807, 2.05) is 79.9 Å². The molecular weight excluding hydrogens is 470 g/mol. The molecule has 34 heavy (non-hydrogen) atoms. The summed E-state index contributed by atoms with van der Waals surface area (Å²) >= 11 is 7.74. The Kier molecular flexibility index (Phi) is 7.49. The van der Waals surface area contributed by atoms with E-state index in [2.05, 4.69) is 20.5 Å². The molecule has 9 heteroatoms. The lowest BCUT2D eigenvalue weighted by Crippen LogP contribution is -2.23. The first-order chi connectivity index (χ1) is 16.5. The molecule has 0 aliphatic heterocycles. The Morgan fingerprint density at radius 1 is 1.12 bits per heavy atom. The van der Waals surface area contributed by atoms with Gasteiger partial charge in [0.05, 0.1) is 23.2 Å². The Labute approximate surface area is 207 Å². The molecule has 0 bridgehead atoms. The van der Waals surface area contributed by atoms with Gasteiger partial charge < -0.3 is 10.1 Å². The number of carbonyl (C=O) groups excluding carboxylic acids is 1. The number of amides is 1. The maximum absolute atomic E-state index is 13.0. The van der Waals surface area contributed by atoms with E-state index in [9.17, 15) is 4.79 Å². The van der Waals surface area contributed by atoms with Crippen LogP contribution < -0.4 is 10.1 Å². The highest BCUT2D eigenvalue weighted by molar-refractivity contribution is 8.00. The number of nitrogens with one attached hydrogen (secondary N) is 1. The summed E-state index contributed by atoms with van der Waals surface area (Å²) in [5.74, 6) is 1.11. The van der Waals surface area contributed by atoms with Gasteiger partial charge in [0.25, 0.3) is 0 Å². The van der Waals surface area contributed by atoms with Crippen molar-refractivity contribution >= 4 is 35.0 Å². The third-order valence-corrected chi connectivity index (χ3v) is 6.60.